The third-order valence-electron chi connectivity index (χ3n) is 2.27. The lowest BCUT2D eigenvalue weighted by Crippen LogP contribution is -2.27. The molecular formula is C11H16BrNOS. The Bertz CT molecular complexity index is 343. The van der Waals surface area contributed by atoms with Crippen molar-refractivity contribution in [2.24, 2.45) is 0 Å². The maximum absolute atomic E-state index is 11.1. The Hall–Kier alpha value is -0.190. The first-order valence-electron chi connectivity index (χ1n) is 4.87. The lowest BCUT2D eigenvalue weighted by molar-refractivity contribution is 0.646. The summed E-state index contributed by atoms with van der Waals surface area (Å²) in [6.45, 7) is 3.58. The van der Waals surface area contributed by atoms with Crippen LogP contribution in [0, 0.1) is 0 Å². The summed E-state index contributed by atoms with van der Waals surface area (Å²) in [5.41, 5.74) is 1.23. The minimum absolute atomic E-state index is 0.201. The fraction of sp³-hybridized carbons (Fsp3) is 0.455. The van der Waals surface area contributed by atoms with Gasteiger partial charge in [0, 0.05) is 39.9 Å². The lowest BCUT2D eigenvalue weighted by Gasteiger charge is -2.10. The zero-order valence-electron chi connectivity index (χ0n) is 9.00. The van der Waals surface area contributed by atoms with Crippen molar-refractivity contribution >= 4 is 26.7 Å². The number of hydrogen-bond donors (Lipinski definition) is 1. The van der Waals surface area contributed by atoms with E-state index in [4.69, 9.17) is 0 Å². The molecule has 0 aromatic heterocycles. The van der Waals surface area contributed by atoms with Crippen molar-refractivity contribution in [3.05, 3.63) is 34.3 Å². The molecule has 0 aliphatic carbocycles. The first-order valence-corrected chi connectivity index (χ1v) is 7.29. The van der Waals surface area contributed by atoms with Crippen LogP contribution in [-0.2, 0) is 17.3 Å². The van der Waals surface area contributed by atoms with Gasteiger partial charge in [-0.2, -0.15) is 0 Å². The van der Waals surface area contributed by atoms with Gasteiger partial charge in [0.1, 0.15) is 0 Å². The summed E-state index contributed by atoms with van der Waals surface area (Å²) in [7, 11) is -0.748. The second-order valence-corrected chi connectivity index (χ2v) is 6.19. The fourth-order valence-electron chi connectivity index (χ4n) is 1.17. The molecule has 1 rings (SSSR count). The molecule has 0 bridgehead atoms. The Labute approximate surface area is 102 Å². The Balaban J connectivity index is 2.38. The minimum Gasteiger partial charge on any atom is -0.311 e. The van der Waals surface area contributed by atoms with Gasteiger partial charge in [0.25, 0.3) is 0 Å². The summed E-state index contributed by atoms with van der Waals surface area (Å²) < 4.78 is 12.2. The number of halogens is 1. The van der Waals surface area contributed by atoms with E-state index in [0.29, 0.717) is 0 Å². The van der Waals surface area contributed by atoms with E-state index >= 15 is 0 Å². The molecule has 1 aromatic rings. The van der Waals surface area contributed by atoms with E-state index in [9.17, 15) is 4.21 Å². The maximum Gasteiger partial charge on any atom is 0.0441 e. The summed E-state index contributed by atoms with van der Waals surface area (Å²) in [6, 6.07) is 8.11. The van der Waals surface area contributed by atoms with Crippen molar-refractivity contribution in [1.82, 2.24) is 5.32 Å². The highest BCUT2D eigenvalue weighted by molar-refractivity contribution is 9.10. The number of rotatable bonds is 5. The van der Waals surface area contributed by atoms with Crippen LogP contribution in [0.3, 0.4) is 0 Å². The van der Waals surface area contributed by atoms with Crippen LogP contribution in [0.1, 0.15) is 12.5 Å². The van der Waals surface area contributed by atoms with Crippen LogP contribution in [-0.4, -0.2) is 22.3 Å². The van der Waals surface area contributed by atoms with Gasteiger partial charge in [-0.1, -0.05) is 34.1 Å². The summed E-state index contributed by atoms with van der Waals surface area (Å²) in [4.78, 5) is 0. The predicted molar refractivity (Wildman–Crippen MR) is 69.4 cm³/mol. The van der Waals surface area contributed by atoms with Crippen LogP contribution in [0.25, 0.3) is 0 Å². The highest BCUT2D eigenvalue weighted by atomic mass is 79.9. The topological polar surface area (TPSA) is 29.1 Å². The monoisotopic (exact) mass is 289 g/mol. The first-order chi connectivity index (χ1) is 7.11. The van der Waals surface area contributed by atoms with E-state index in [-0.39, 0.29) is 5.25 Å². The minimum atomic E-state index is -0.748. The van der Waals surface area contributed by atoms with Crippen LogP contribution < -0.4 is 5.32 Å². The van der Waals surface area contributed by atoms with E-state index in [1.165, 1.54) is 5.56 Å². The van der Waals surface area contributed by atoms with Gasteiger partial charge in [0.2, 0.25) is 0 Å². The van der Waals surface area contributed by atoms with Crippen molar-refractivity contribution in [1.29, 1.82) is 0 Å². The normalized spacial score (nSPS) is 14.9. The maximum atomic E-state index is 11.1. The molecule has 2 nitrogen and oxygen atoms in total. The zero-order chi connectivity index (χ0) is 11.3. The average molecular weight is 290 g/mol. The Morgan fingerprint density at radius 1 is 1.47 bits per heavy atom. The molecule has 0 amide bonds. The van der Waals surface area contributed by atoms with Gasteiger partial charge in [-0.15, -0.1) is 0 Å². The van der Waals surface area contributed by atoms with Crippen molar-refractivity contribution in [3.63, 3.8) is 0 Å². The Morgan fingerprint density at radius 2 is 2.13 bits per heavy atom. The number of nitrogens with one attached hydrogen (secondary N) is 1. The van der Waals surface area contributed by atoms with E-state index in [1.54, 1.807) is 6.26 Å². The van der Waals surface area contributed by atoms with Crippen molar-refractivity contribution in [3.8, 4) is 0 Å². The molecule has 2 unspecified atom stereocenters. The van der Waals surface area contributed by atoms with Crippen LogP contribution in [0.15, 0.2) is 28.7 Å². The quantitative estimate of drug-likeness (QED) is 0.901. The van der Waals surface area contributed by atoms with Crippen LogP contribution in [0.5, 0.6) is 0 Å². The SMILES string of the molecule is CC(CNCc1ccccc1Br)S(C)=O. The molecule has 0 saturated carbocycles. The highest BCUT2D eigenvalue weighted by Crippen LogP contribution is 2.15. The molecule has 0 saturated heterocycles. The third-order valence-corrected chi connectivity index (χ3v) is 4.35. The predicted octanol–water partition coefficient (Wildman–Crippen LogP) is 2.31. The third kappa shape index (κ3) is 4.45. The largest absolute Gasteiger partial charge is 0.311 e. The van der Waals surface area contributed by atoms with Crippen molar-refractivity contribution < 1.29 is 4.21 Å². The molecule has 0 heterocycles. The molecule has 84 valence electrons. The standard InChI is InChI=1S/C11H16BrNOS/c1-9(15(2)14)7-13-8-10-5-3-4-6-11(10)12/h3-6,9,13H,7-8H2,1-2H3. The first kappa shape index (κ1) is 12.9. The molecule has 1 N–H and O–H groups in total. The number of benzene rings is 1. The van der Waals surface area contributed by atoms with E-state index < -0.39 is 10.8 Å². The average Bonchev–Trinajstić information content (AvgIpc) is 2.20. The van der Waals surface area contributed by atoms with Gasteiger partial charge in [-0.3, -0.25) is 4.21 Å². The van der Waals surface area contributed by atoms with Crippen LogP contribution >= 0.6 is 15.9 Å². The molecule has 1 aromatic carbocycles. The van der Waals surface area contributed by atoms with Gasteiger partial charge < -0.3 is 5.32 Å². The van der Waals surface area contributed by atoms with Crippen LogP contribution in [0.4, 0.5) is 0 Å². The Morgan fingerprint density at radius 3 is 2.73 bits per heavy atom. The zero-order valence-corrected chi connectivity index (χ0v) is 11.4. The molecule has 0 radical (unpaired) electrons. The second kappa shape index (κ2) is 6.40. The molecule has 4 heteroatoms. The second-order valence-electron chi connectivity index (χ2n) is 3.53. The van der Waals surface area contributed by atoms with E-state index in [1.807, 2.05) is 25.1 Å². The van der Waals surface area contributed by atoms with E-state index in [0.717, 1.165) is 17.6 Å². The van der Waals surface area contributed by atoms with Gasteiger partial charge in [0.05, 0.1) is 0 Å². The molecule has 0 spiro atoms. The Kier molecular flexibility index (Phi) is 5.50. The molecule has 0 aliphatic rings. The molecule has 15 heavy (non-hydrogen) atoms. The molecule has 2 atom stereocenters. The molecule has 0 fully saturated rings. The smallest absolute Gasteiger partial charge is 0.0441 e. The van der Waals surface area contributed by atoms with Crippen molar-refractivity contribution in [2.45, 2.75) is 18.7 Å². The summed E-state index contributed by atoms with van der Waals surface area (Å²) in [5, 5.41) is 3.50. The molecular weight excluding hydrogens is 274 g/mol. The summed E-state index contributed by atoms with van der Waals surface area (Å²) >= 11 is 3.49. The van der Waals surface area contributed by atoms with Crippen molar-refractivity contribution in [2.75, 3.05) is 12.8 Å². The summed E-state index contributed by atoms with van der Waals surface area (Å²) in [6.07, 6.45) is 1.74. The number of hydrogen-bond acceptors (Lipinski definition) is 2. The highest BCUT2D eigenvalue weighted by Gasteiger charge is 2.05. The van der Waals surface area contributed by atoms with Gasteiger partial charge in [-0.25, -0.2) is 0 Å². The summed E-state index contributed by atoms with van der Waals surface area (Å²) in [5.74, 6) is 0. The van der Waals surface area contributed by atoms with Gasteiger partial charge in [-0.05, 0) is 18.6 Å². The molecule has 0 aliphatic heterocycles. The van der Waals surface area contributed by atoms with Crippen LogP contribution in [0.2, 0.25) is 0 Å². The lowest BCUT2D eigenvalue weighted by atomic mass is 10.2. The van der Waals surface area contributed by atoms with E-state index in [2.05, 4.69) is 27.3 Å². The van der Waals surface area contributed by atoms with Gasteiger partial charge >= 0.3 is 0 Å². The fourth-order valence-corrected chi connectivity index (χ4v) is 1.95. The van der Waals surface area contributed by atoms with Gasteiger partial charge in [0.15, 0.2) is 0 Å².